The van der Waals surface area contributed by atoms with Crippen LogP contribution in [0.3, 0.4) is 0 Å². The third kappa shape index (κ3) is 1.65. The Morgan fingerprint density at radius 2 is 1.80 bits per heavy atom. The summed E-state index contributed by atoms with van der Waals surface area (Å²) in [6.07, 6.45) is -4.32. The van der Waals surface area contributed by atoms with E-state index in [1.165, 1.54) is 0 Å². The molecule has 0 bridgehead atoms. The van der Waals surface area contributed by atoms with Gasteiger partial charge in [0.2, 0.25) is 6.17 Å². The smallest absolute Gasteiger partial charge is 0.283 e. The van der Waals surface area contributed by atoms with Crippen molar-refractivity contribution in [3.8, 4) is 0 Å². The van der Waals surface area contributed by atoms with Crippen LogP contribution in [-0.4, -0.2) is 24.1 Å². The second-order valence-corrected chi connectivity index (χ2v) is 4.27. The Balaban J connectivity index is 3.43. The topological polar surface area (TPSA) is 54.4 Å². The van der Waals surface area contributed by atoms with Crippen LogP contribution in [0.25, 0.3) is 0 Å². The molecule has 0 radical (unpaired) electrons. The molecule has 0 amide bonds. The molecule has 1 rings (SSSR count). The van der Waals surface area contributed by atoms with Gasteiger partial charge in [0.25, 0.3) is 5.00 Å². The number of rotatable bonds is 1. The molecule has 0 heterocycles. The highest BCUT2D eigenvalue weighted by Crippen LogP contribution is 2.41. The Kier molecular flexibility index (Phi) is 2.64. The Labute approximate surface area is 80.6 Å². The molecule has 3 nitrogen and oxygen atoms in total. The molecule has 1 N–H and O–H groups in total. The molecule has 15 heavy (non-hydrogen) atoms. The zero-order valence-corrected chi connectivity index (χ0v) is 7.53. The van der Waals surface area contributed by atoms with Gasteiger partial charge in [0.15, 0.2) is 17.5 Å². The van der Waals surface area contributed by atoms with Gasteiger partial charge in [0.1, 0.15) is 0 Å². The number of hydrogen-bond donors (Lipinski definition) is 1. The zero-order chi connectivity index (χ0) is 12.0. The molecule has 0 aromatic heterocycles. The molecular weight excluding hydrogens is 247 g/mol. The van der Waals surface area contributed by atoms with Crippen molar-refractivity contribution >= 4 is 10.1 Å². The molecule has 0 spiro atoms. The normalized spacial score (nSPS) is 32.9. The summed E-state index contributed by atoms with van der Waals surface area (Å²) in [5.74, 6) is -7.13. The van der Waals surface area contributed by atoms with Gasteiger partial charge in [0.05, 0.1) is 0 Å². The quantitative estimate of drug-likeness (QED) is 0.571. The van der Waals surface area contributed by atoms with Gasteiger partial charge in [-0.05, 0) is 0 Å². The van der Waals surface area contributed by atoms with Crippen LogP contribution in [-0.2, 0) is 10.1 Å². The minimum absolute atomic E-state index is 0.675. The van der Waals surface area contributed by atoms with E-state index in [1.807, 2.05) is 0 Å². The summed E-state index contributed by atoms with van der Waals surface area (Å²) in [4.78, 5) is 0. The predicted octanol–water partition coefficient (Wildman–Crippen LogP) is 1.90. The first-order valence-corrected chi connectivity index (χ1v) is 4.79. The van der Waals surface area contributed by atoms with Crippen LogP contribution in [0.5, 0.6) is 0 Å². The van der Waals surface area contributed by atoms with Crippen molar-refractivity contribution in [3.05, 3.63) is 23.6 Å². The van der Waals surface area contributed by atoms with Crippen molar-refractivity contribution in [1.82, 2.24) is 0 Å². The maximum absolute atomic E-state index is 13.2. The van der Waals surface area contributed by atoms with Crippen LogP contribution >= 0.6 is 0 Å². The van der Waals surface area contributed by atoms with Gasteiger partial charge >= 0.3 is 10.1 Å². The predicted molar refractivity (Wildman–Crippen MR) is 38.7 cm³/mol. The molecule has 2 atom stereocenters. The van der Waals surface area contributed by atoms with Crippen LogP contribution in [0.2, 0.25) is 0 Å². The molecule has 1 aliphatic rings. The van der Waals surface area contributed by atoms with Crippen molar-refractivity contribution in [3.63, 3.8) is 0 Å². The van der Waals surface area contributed by atoms with Gasteiger partial charge < -0.3 is 0 Å². The van der Waals surface area contributed by atoms with E-state index in [0.29, 0.717) is 0 Å². The number of allylic oxidation sites excluding steroid dienone is 3. The van der Waals surface area contributed by atoms with Gasteiger partial charge in [-0.3, -0.25) is 4.55 Å². The molecule has 2 unspecified atom stereocenters. The maximum atomic E-state index is 13.2. The first kappa shape index (κ1) is 12.1. The SMILES string of the molecule is O=S(=O)(O)C1(F)C=C(F)C(F)=C(F)C1F. The molecule has 0 aliphatic heterocycles. The lowest BCUT2D eigenvalue weighted by atomic mass is 10.1. The molecule has 9 heteroatoms. The third-order valence-corrected chi connectivity index (χ3v) is 2.82. The first-order valence-electron chi connectivity index (χ1n) is 3.35. The zero-order valence-electron chi connectivity index (χ0n) is 6.72. The molecule has 0 saturated carbocycles. The number of alkyl halides is 2. The van der Waals surface area contributed by atoms with E-state index < -0.39 is 44.8 Å². The van der Waals surface area contributed by atoms with Crippen molar-refractivity contribution < 1.29 is 34.9 Å². The molecule has 0 fully saturated rings. The van der Waals surface area contributed by atoms with Crippen LogP contribution < -0.4 is 0 Å². The summed E-state index contributed by atoms with van der Waals surface area (Å²) in [6, 6.07) is 0. The Bertz CT molecular complexity index is 453. The standard InChI is InChI=1S/C6H3F5O3S/c7-2-1-6(11,15(12,13)14)5(10)4(9)3(2)8/h1,5H,(H,12,13,14). The maximum Gasteiger partial charge on any atom is 0.307 e. The first-order chi connectivity index (χ1) is 6.61. The summed E-state index contributed by atoms with van der Waals surface area (Å²) in [5, 5.41) is -4.35. The molecule has 86 valence electrons. The van der Waals surface area contributed by atoms with Gasteiger partial charge in [-0.25, -0.2) is 22.0 Å². The van der Waals surface area contributed by atoms with E-state index in [2.05, 4.69) is 0 Å². The minimum atomic E-state index is -5.76. The summed E-state index contributed by atoms with van der Waals surface area (Å²) in [6.45, 7) is 0. The number of halogens is 5. The average molecular weight is 250 g/mol. The third-order valence-electron chi connectivity index (χ3n) is 1.71. The highest BCUT2D eigenvalue weighted by Gasteiger charge is 2.56. The lowest BCUT2D eigenvalue weighted by Crippen LogP contribution is -2.43. The largest absolute Gasteiger partial charge is 0.307 e. The summed E-state index contributed by atoms with van der Waals surface area (Å²) >= 11 is 0. The molecule has 0 aromatic rings. The fraction of sp³-hybridized carbons (Fsp3) is 0.333. The van der Waals surface area contributed by atoms with Crippen LogP contribution in [0, 0.1) is 0 Å². The Hall–Kier alpha value is -0.960. The van der Waals surface area contributed by atoms with Crippen molar-refractivity contribution in [1.29, 1.82) is 0 Å². The van der Waals surface area contributed by atoms with E-state index in [-0.39, 0.29) is 0 Å². The van der Waals surface area contributed by atoms with Crippen LogP contribution in [0.1, 0.15) is 0 Å². The van der Waals surface area contributed by atoms with Crippen LogP contribution in [0.15, 0.2) is 23.6 Å². The Morgan fingerprint density at radius 3 is 2.20 bits per heavy atom. The molecular formula is C6H3F5O3S. The highest BCUT2D eigenvalue weighted by molar-refractivity contribution is 7.87. The van der Waals surface area contributed by atoms with Crippen molar-refractivity contribution in [2.45, 2.75) is 11.2 Å². The summed E-state index contributed by atoms with van der Waals surface area (Å²) in [7, 11) is -5.76. The lowest BCUT2D eigenvalue weighted by molar-refractivity contribution is 0.148. The van der Waals surface area contributed by atoms with Crippen molar-refractivity contribution in [2.75, 3.05) is 0 Å². The van der Waals surface area contributed by atoms with Crippen molar-refractivity contribution in [2.24, 2.45) is 0 Å². The van der Waals surface area contributed by atoms with Gasteiger partial charge in [-0.15, -0.1) is 0 Å². The minimum Gasteiger partial charge on any atom is -0.283 e. The average Bonchev–Trinajstić information content (AvgIpc) is 2.10. The van der Waals surface area contributed by atoms with E-state index in [9.17, 15) is 30.4 Å². The van der Waals surface area contributed by atoms with E-state index >= 15 is 0 Å². The second-order valence-electron chi connectivity index (χ2n) is 2.69. The van der Waals surface area contributed by atoms with E-state index in [4.69, 9.17) is 4.55 Å². The second kappa shape index (κ2) is 3.27. The Morgan fingerprint density at radius 1 is 1.33 bits per heavy atom. The van der Waals surface area contributed by atoms with Gasteiger partial charge in [0, 0.05) is 6.08 Å². The van der Waals surface area contributed by atoms with E-state index in [1.54, 1.807) is 0 Å². The summed E-state index contributed by atoms with van der Waals surface area (Å²) < 4.78 is 92.1. The molecule has 0 saturated heterocycles. The highest BCUT2D eigenvalue weighted by atomic mass is 32.2. The lowest BCUT2D eigenvalue weighted by Gasteiger charge is -2.24. The fourth-order valence-corrected chi connectivity index (χ4v) is 1.53. The monoisotopic (exact) mass is 250 g/mol. The number of hydrogen-bond acceptors (Lipinski definition) is 2. The molecule has 1 aliphatic carbocycles. The van der Waals surface area contributed by atoms with Crippen LogP contribution in [0.4, 0.5) is 22.0 Å². The fourth-order valence-electron chi connectivity index (χ4n) is 0.913. The van der Waals surface area contributed by atoms with Gasteiger partial charge in [-0.2, -0.15) is 8.42 Å². The summed E-state index contributed by atoms with van der Waals surface area (Å²) in [5.41, 5.74) is 0. The van der Waals surface area contributed by atoms with E-state index in [0.717, 1.165) is 0 Å². The van der Waals surface area contributed by atoms with Gasteiger partial charge in [-0.1, -0.05) is 0 Å². The molecule has 0 aromatic carbocycles.